The number of carbonyl (C=O) groups is 2. The molecule has 0 spiro atoms. The first-order chi connectivity index (χ1) is 11.6. The molecule has 1 fully saturated rings. The second-order valence-corrected chi connectivity index (χ2v) is 5.97. The van der Waals surface area contributed by atoms with Crippen LogP contribution in [0.25, 0.3) is 0 Å². The summed E-state index contributed by atoms with van der Waals surface area (Å²) in [5.74, 6) is -0.0180. The second kappa shape index (κ2) is 10.1. The SMILES string of the molecule is CC(=O)N(CCC(=O)NCc1ccccc1)CCN1CCOCC1. The van der Waals surface area contributed by atoms with Gasteiger partial charge in [0.1, 0.15) is 0 Å². The number of ether oxygens (including phenoxy) is 1. The smallest absolute Gasteiger partial charge is 0.222 e. The minimum Gasteiger partial charge on any atom is -0.379 e. The monoisotopic (exact) mass is 333 g/mol. The summed E-state index contributed by atoms with van der Waals surface area (Å²) in [5, 5.41) is 2.89. The van der Waals surface area contributed by atoms with Crippen LogP contribution in [0.3, 0.4) is 0 Å². The molecule has 0 bridgehead atoms. The minimum absolute atomic E-state index is 0.0131. The molecular weight excluding hydrogens is 306 g/mol. The van der Waals surface area contributed by atoms with E-state index in [1.165, 1.54) is 0 Å². The van der Waals surface area contributed by atoms with Crippen LogP contribution in [0, 0.1) is 0 Å². The number of nitrogens with one attached hydrogen (secondary N) is 1. The van der Waals surface area contributed by atoms with E-state index in [0.717, 1.165) is 38.4 Å². The number of benzene rings is 1. The van der Waals surface area contributed by atoms with Crippen LogP contribution in [0.5, 0.6) is 0 Å². The van der Waals surface area contributed by atoms with E-state index in [-0.39, 0.29) is 11.8 Å². The van der Waals surface area contributed by atoms with Crippen molar-refractivity contribution in [3.8, 4) is 0 Å². The van der Waals surface area contributed by atoms with Gasteiger partial charge in [-0.2, -0.15) is 0 Å². The highest BCUT2D eigenvalue weighted by Crippen LogP contribution is 2.01. The Morgan fingerprint density at radius 1 is 1.17 bits per heavy atom. The maximum atomic E-state index is 12.0. The standard InChI is InChI=1S/C18H27N3O3/c1-16(22)21(10-9-20-11-13-24-14-12-20)8-7-18(23)19-15-17-5-3-2-4-6-17/h2-6H,7-15H2,1H3,(H,19,23). The third-order valence-electron chi connectivity index (χ3n) is 4.18. The van der Waals surface area contributed by atoms with E-state index in [9.17, 15) is 9.59 Å². The molecule has 1 aliphatic rings. The summed E-state index contributed by atoms with van der Waals surface area (Å²) in [5.41, 5.74) is 1.07. The normalized spacial score (nSPS) is 15.0. The van der Waals surface area contributed by atoms with Gasteiger partial charge >= 0.3 is 0 Å². The number of nitrogens with zero attached hydrogens (tertiary/aromatic N) is 2. The lowest BCUT2D eigenvalue weighted by atomic mass is 10.2. The molecule has 1 N–H and O–H groups in total. The molecule has 1 aromatic carbocycles. The van der Waals surface area contributed by atoms with Crippen LogP contribution < -0.4 is 5.32 Å². The fourth-order valence-electron chi connectivity index (χ4n) is 2.64. The molecule has 1 aromatic rings. The van der Waals surface area contributed by atoms with Crippen LogP contribution in [0.4, 0.5) is 0 Å². The van der Waals surface area contributed by atoms with E-state index in [2.05, 4.69) is 10.2 Å². The van der Waals surface area contributed by atoms with Gasteiger partial charge in [-0.1, -0.05) is 30.3 Å². The van der Waals surface area contributed by atoms with Crippen LogP contribution >= 0.6 is 0 Å². The lowest BCUT2D eigenvalue weighted by Gasteiger charge is -2.29. The fourth-order valence-corrected chi connectivity index (χ4v) is 2.64. The zero-order chi connectivity index (χ0) is 17.2. The maximum absolute atomic E-state index is 12.0. The van der Waals surface area contributed by atoms with Crippen LogP contribution in [-0.2, 0) is 20.9 Å². The molecule has 6 heteroatoms. The summed E-state index contributed by atoms with van der Waals surface area (Å²) < 4.78 is 5.32. The zero-order valence-corrected chi connectivity index (χ0v) is 14.4. The van der Waals surface area contributed by atoms with E-state index in [1.54, 1.807) is 11.8 Å². The number of hydrogen-bond acceptors (Lipinski definition) is 4. The van der Waals surface area contributed by atoms with E-state index < -0.39 is 0 Å². The third-order valence-corrected chi connectivity index (χ3v) is 4.18. The van der Waals surface area contributed by atoms with Crippen molar-refractivity contribution in [3.63, 3.8) is 0 Å². The highest BCUT2D eigenvalue weighted by atomic mass is 16.5. The third kappa shape index (κ3) is 6.68. The molecule has 0 aromatic heterocycles. The van der Waals surface area contributed by atoms with Gasteiger partial charge in [0.25, 0.3) is 0 Å². The topological polar surface area (TPSA) is 61.9 Å². The Labute approximate surface area is 143 Å². The van der Waals surface area contributed by atoms with E-state index in [0.29, 0.717) is 26.1 Å². The quantitative estimate of drug-likeness (QED) is 0.767. The molecule has 0 aliphatic carbocycles. The summed E-state index contributed by atoms with van der Waals surface area (Å²) in [6.45, 7) is 7.33. The Balaban J connectivity index is 1.68. The van der Waals surface area contributed by atoms with Gasteiger partial charge < -0.3 is 15.0 Å². The highest BCUT2D eigenvalue weighted by molar-refractivity contribution is 5.78. The first kappa shape index (κ1) is 18.4. The Hall–Kier alpha value is -1.92. The molecule has 1 aliphatic heterocycles. The number of rotatable bonds is 8. The van der Waals surface area contributed by atoms with Crippen molar-refractivity contribution in [2.24, 2.45) is 0 Å². The molecular formula is C18H27N3O3. The van der Waals surface area contributed by atoms with Crippen molar-refractivity contribution in [2.75, 3.05) is 45.9 Å². The maximum Gasteiger partial charge on any atom is 0.222 e. The Morgan fingerprint density at radius 3 is 2.54 bits per heavy atom. The van der Waals surface area contributed by atoms with Crippen molar-refractivity contribution in [1.29, 1.82) is 0 Å². The van der Waals surface area contributed by atoms with Crippen LogP contribution in [-0.4, -0.2) is 67.6 Å². The number of hydrogen-bond donors (Lipinski definition) is 1. The van der Waals surface area contributed by atoms with Crippen LogP contribution in [0.1, 0.15) is 18.9 Å². The molecule has 132 valence electrons. The van der Waals surface area contributed by atoms with Crippen LogP contribution in [0.2, 0.25) is 0 Å². The van der Waals surface area contributed by atoms with Crippen LogP contribution in [0.15, 0.2) is 30.3 Å². The summed E-state index contributed by atoms with van der Waals surface area (Å²) in [6.07, 6.45) is 0.329. The number of carbonyl (C=O) groups excluding carboxylic acids is 2. The lowest BCUT2D eigenvalue weighted by molar-refractivity contribution is -0.130. The predicted octanol–water partition coefficient (Wildman–Crippen LogP) is 0.874. The van der Waals surface area contributed by atoms with Gasteiger partial charge in [0.2, 0.25) is 11.8 Å². The van der Waals surface area contributed by atoms with E-state index >= 15 is 0 Å². The largest absolute Gasteiger partial charge is 0.379 e. The molecule has 2 amide bonds. The van der Waals surface area contributed by atoms with Crippen molar-refractivity contribution in [3.05, 3.63) is 35.9 Å². The number of amides is 2. The van der Waals surface area contributed by atoms with Gasteiger partial charge in [-0.15, -0.1) is 0 Å². The van der Waals surface area contributed by atoms with E-state index in [4.69, 9.17) is 4.74 Å². The molecule has 0 atom stereocenters. The number of morpholine rings is 1. The second-order valence-electron chi connectivity index (χ2n) is 5.97. The molecule has 0 saturated carbocycles. The van der Waals surface area contributed by atoms with Crippen molar-refractivity contribution >= 4 is 11.8 Å². The summed E-state index contributed by atoms with van der Waals surface area (Å²) in [7, 11) is 0. The van der Waals surface area contributed by atoms with Gasteiger partial charge in [0.05, 0.1) is 13.2 Å². The molecule has 0 radical (unpaired) electrons. The molecule has 1 saturated heterocycles. The molecule has 6 nitrogen and oxygen atoms in total. The van der Waals surface area contributed by atoms with Gasteiger partial charge in [-0.25, -0.2) is 0 Å². The van der Waals surface area contributed by atoms with Crippen molar-refractivity contribution in [2.45, 2.75) is 19.9 Å². The average molecular weight is 333 g/mol. The predicted molar refractivity (Wildman–Crippen MR) is 92.4 cm³/mol. The molecule has 1 heterocycles. The van der Waals surface area contributed by atoms with E-state index in [1.807, 2.05) is 30.3 Å². The molecule has 24 heavy (non-hydrogen) atoms. The highest BCUT2D eigenvalue weighted by Gasteiger charge is 2.15. The summed E-state index contributed by atoms with van der Waals surface area (Å²) >= 11 is 0. The first-order valence-electron chi connectivity index (χ1n) is 8.51. The molecule has 2 rings (SSSR count). The molecule has 0 unspecified atom stereocenters. The summed E-state index contributed by atoms with van der Waals surface area (Å²) in [4.78, 5) is 27.8. The average Bonchev–Trinajstić information content (AvgIpc) is 2.61. The minimum atomic E-state index is -0.0310. The Bertz CT molecular complexity index is 516. The van der Waals surface area contributed by atoms with Gasteiger partial charge in [0.15, 0.2) is 0 Å². The fraction of sp³-hybridized carbons (Fsp3) is 0.556. The summed E-state index contributed by atoms with van der Waals surface area (Å²) in [6, 6.07) is 9.80. The van der Waals surface area contributed by atoms with Crippen molar-refractivity contribution < 1.29 is 14.3 Å². The lowest BCUT2D eigenvalue weighted by Crippen LogP contribution is -2.43. The van der Waals surface area contributed by atoms with Gasteiger partial charge in [0, 0.05) is 52.6 Å². The van der Waals surface area contributed by atoms with Gasteiger partial charge in [-0.05, 0) is 5.56 Å². The zero-order valence-electron chi connectivity index (χ0n) is 14.4. The van der Waals surface area contributed by atoms with Gasteiger partial charge in [-0.3, -0.25) is 14.5 Å². The first-order valence-corrected chi connectivity index (χ1v) is 8.51. The van der Waals surface area contributed by atoms with Crippen molar-refractivity contribution in [1.82, 2.24) is 15.1 Å². The Kier molecular flexibility index (Phi) is 7.71. The Morgan fingerprint density at radius 2 is 1.88 bits per heavy atom.